The van der Waals surface area contributed by atoms with Crippen molar-refractivity contribution in [1.82, 2.24) is 9.88 Å². The fourth-order valence-electron chi connectivity index (χ4n) is 3.06. The highest BCUT2D eigenvalue weighted by Crippen LogP contribution is 2.30. The van der Waals surface area contributed by atoms with E-state index < -0.39 is 4.92 Å². The Morgan fingerprint density at radius 3 is 2.67 bits per heavy atom. The van der Waals surface area contributed by atoms with Crippen LogP contribution in [0.1, 0.15) is 10.4 Å². The number of benzene rings is 2. The van der Waals surface area contributed by atoms with Crippen LogP contribution in [0.2, 0.25) is 0 Å². The normalized spacial score (nSPS) is 14.6. The van der Waals surface area contributed by atoms with Gasteiger partial charge in [0.1, 0.15) is 5.82 Å². The number of carbonyl (C=O) groups excluding carboxylic acids is 1. The van der Waals surface area contributed by atoms with Crippen LogP contribution in [-0.4, -0.2) is 46.9 Å². The Bertz CT molecular complexity index is 1030. The zero-order valence-electron chi connectivity index (χ0n) is 14.2. The third kappa shape index (κ3) is 3.45. The largest absolute Gasteiger partial charge is 0.345 e. The summed E-state index contributed by atoms with van der Waals surface area (Å²) in [5.74, 6) is -0.505. The van der Waals surface area contributed by atoms with Gasteiger partial charge in [-0.15, -0.1) is 0 Å². The molecule has 0 saturated carbocycles. The first kappa shape index (κ1) is 17.3. The van der Waals surface area contributed by atoms with Crippen LogP contribution in [0.15, 0.2) is 42.5 Å². The fourth-order valence-corrected chi connectivity index (χ4v) is 4.10. The van der Waals surface area contributed by atoms with Gasteiger partial charge in [0.2, 0.25) is 0 Å². The van der Waals surface area contributed by atoms with Gasteiger partial charge in [-0.25, -0.2) is 9.37 Å². The smallest absolute Gasteiger partial charge is 0.270 e. The molecule has 0 unspecified atom stereocenters. The summed E-state index contributed by atoms with van der Waals surface area (Å²) in [5, 5.41) is 11.7. The van der Waals surface area contributed by atoms with E-state index in [4.69, 9.17) is 0 Å². The number of carbonyl (C=O) groups is 1. The number of thiazole rings is 1. The molecule has 2 heterocycles. The Balaban J connectivity index is 1.45. The summed E-state index contributed by atoms with van der Waals surface area (Å²) in [4.78, 5) is 31.3. The number of halogens is 1. The van der Waals surface area contributed by atoms with E-state index in [2.05, 4.69) is 9.88 Å². The molecular weight excluding hydrogens is 371 g/mol. The van der Waals surface area contributed by atoms with E-state index in [0.29, 0.717) is 31.7 Å². The summed E-state index contributed by atoms with van der Waals surface area (Å²) in [7, 11) is 0. The SMILES string of the molecule is O=C(c1cccc([N+](=O)[O-])c1)N1CCN(c2nc3ccc(F)cc3s2)CC1. The van der Waals surface area contributed by atoms with Gasteiger partial charge in [0.05, 0.1) is 15.1 Å². The Kier molecular flexibility index (Phi) is 4.44. The summed E-state index contributed by atoms with van der Waals surface area (Å²) < 4.78 is 14.1. The second-order valence-corrected chi connectivity index (χ2v) is 7.20. The molecule has 1 aromatic heterocycles. The van der Waals surface area contributed by atoms with Crippen molar-refractivity contribution in [3.63, 3.8) is 0 Å². The fraction of sp³-hybridized carbons (Fsp3) is 0.222. The zero-order valence-corrected chi connectivity index (χ0v) is 15.0. The van der Waals surface area contributed by atoms with Crippen molar-refractivity contribution in [2.75, 3.05) is 31.1 Å². The number of aromatic nitrogens is 1. The Hall–Kier alpha value is -3.07. The van der Waals surface area contributed by atoms with Gasteiger partial charge in [-0.1, -0.05) is 17.4 Å². The van der Waals surface area contributed by atoms with Gasteiger partial charge < -0.3 is 9.80 Å². The molecule has 2 aromatic carbocycles. The van der Waals surface area contributed by atoms with Gasteiger partial charge in [-0.05, 0) is 24.3 Å². The number of anilines is 1. The number of piperazine rings is 1. The predicted octanol–water partition coefficient (Wildman–Crippen LogP) is 3.31. The number of hydrogen-bond acceptors (Lipinski definition) is 6. The van der Waals surface area contributed by atoms with Gasteiger partial charge in [-0.3, -0.25) is 14.9 Å². The van der Waals surface area contributed by atoms with E-state index in [9.17, 15) is 19.3 Å². The lowest BCUT2D eigenvalue weighted by atomic mass is 10.1. The van der Waals surface area contributed by atoms with E-state index in [1.165, 1.54) is 41.7 Å². The van der Waals surface area contributed by atoms with Crippen molar-refractivity contribution in [3.8, 4) is 0 Å². The van der Waals surface area contributed by atoms with Gasteiger partial charge in [0.25, 0.3) is 11.6 Å². The van der Waals surface area contributed by atoms with E-state index in [-0.39, 0.29) is 17.4 Å². The number of non-ortho nitro benzene ring substituents is 1. The first-order chi connectivity index (χ1) is 13.0. The molecule has 0 spiro atoms. The molecule has 27 heavy (non-hydrogen) atoms. The molecule has 4 rings (SSSR count). The third-order valence-corrected chi connectivity index (χ3v) is 5.56. The second kappa shape index (κ2) is 6.92. The van der Waals surface area contributed by atoms with Gasteiger partial charge in [0.15, 0.2) is 5.13 Å². The average molecular weight is 386 g/mol. The maximum absolute atomic E-state index is 13.3. The standard InChI is InChI=1S/C18H15FN4O3S/c19-13-4-5-15-16(11-13)27-18(20-15)22-8-6-21(7-9-22)17(24)12-2-1-3-14(10-12)23(25)26/h1-5,10-11H,6-9H2. The summed E-state index contributed by atoms with van der Waals surface area (Å²) >= 11 is 1.43. The zero-order chi connectivity index (χ0) is 19.0. The lowest BCUT2D eigenvalue weighted by Gasteiger charge is -2.34. The van der Waals surface area contributed by atoms with Crippen molar-refractivity contribution in [2.24, 2.45) is 0 Å². The summed E-state index contributed by atoms with van der Waals surface area (Å²) in [6.45, 7) is 2.18. The number of nitro groups is 1. The molecule has 9 heteroatoms. The molecule has 0 N–H and O–H groups in total. The number of nitrogens with zero attached hydrogens (tertiary/aromatic N) is 4. The maximum atomic E-state index is 13.3. The van der Waals surface area contributed by atoms with Crippen LogP contribution >= 0.6 is 11.3 Å². The van der Waals surface area contributed by atoms with E-state index in [1.54, 1.807) is 17.0 Å². The summed E-state index contributed by atoms with van der Waals surface area (Å²) in [6.07, 6.45) is 0. The second-order valence-electron chi connectivity index (χ2n) is 6.20. The molecule has 1 amide bonds. The molecule has 1 fully saturated rings. The number of hydrogen-bond donors (Lipinski definition) is 0. The Morgan fingerprint density at radius 1 is 1.15 bits per heavy atom. The lowest BCUT2D eigenvalue weighted by molar-refractivity contribution is -0.384. The highest BCUT2D eigenvalue weighted by atomic mass is 32.1. The molecule has 0 aliphatic carbocycles. The van der Waals surface area contributed by atoms with Gasteiger partial charge in [-0.2, -0.15) is 0 Å². The molecule has 1 saturated heterocycles. The molecule has 1 aliphatic rings. The highest BCUT2D eigenvalue weighted by molar-refractivity contribution is 7.22. The summed E-state index contributed by atoms with van der Waals surface area (Å²) in [5.41, 5.74) is 0.973. The minimum Gasteiger partial charge on any atom is -0.345 e. The van der Waals surface area contributed by atoms with Crippen molar-refractivity contribution in [3.05, 3.63) is 64.0 Å². The third-order valence-electron chi connectivity index (χ3n) is 4.48. The first-order valence-corrected chi connectivity index (χ1v) is 9.18. The van der Waals surface area contributed by atoms with Crippen LogP contribution in [-0.2, 0) is 0 Å². The molecular formula is C18H15FN4O3S. The highest BCUT2D eigenvalue weighted by Gasteiger charge is 2.24. The Morgan fingerprint density at radius 2 is 1.93 bits per heavy atom. The van der Waals surface area contributed by atoms with E-state index in [1.807, 2.05) is 0 Å². The molecule has 0 atom stereocenters. The van der Waals surface area contributed by atoms with E-state index in [0.717, 1.165) is 15.3 Å². The lowest BCUT2D eigenvalue weighted by Crippen LogP contribution is -2.48. The summed E-state index contributed by atoms with van der Waals surface area (Å²) in [6, 6.07) is 10.3. The quantitative estimate of drug-likeness (QED) is 0.510. The average Bonchev–Trinajstić information content (AvgIpc) is 3.10. The van der Waals surface area contributed by atoms with Gasteiger partial charge >= 0.3 is 0 Å². The predicted molar refractivity (Wildman–Crippen MR) is 101 cm³/mol. The number of fused-ring (bicyclic) bond motifs is 1. The topological polar surface area (TPSA) is 79.6 Å². The molecule has 7 nitrogen and oxygen atoms in total. The number of amides is 1. The van der Waals surface area contributed by atoms with Crippen molar-refractivity contribution >= 4 is 38.3 Å². The van der Waals surface area contributed by atoms with Crippen molar-refractivity contribution < 1.29 is 14.1 Å². The number of rotatable bonds is 3. The van der Waals surface area contributed by atoms with Gasteiger partial charge in [0, 0.05) is 43.9 Å². The van der Waals surface area contributed by atoms with Crippen LogP contribution in [0.5, 0.6) is 0 Å². The molecule has 0 radical (unpaired) electrons. The van der Waals surface area contributed by atoms with Crippen LogP contribution in [0, 0.1) is 15.9 Å². The van der Waals surface area contributed by atoms with Crippen molar-refractivity contribution in [1.29, 1.82) is 0 Å². The monoisotopic (exact) mass is 386 g/mol. The first-order valence-electron chi connectivity index (χ1n) is 8.36. The minimum atomic E-state index is -0.509. The molecule has 138 valence electrons. The van der Waals surface area contributed by atoms with Crippen LogP contribution in [0.25, 0.3) is 10.2 Å². The Labute approximate surface area is 157 Å². The number of nitro benzene ring substituents is 1. The minimum absolute atomic E-state index is 0.0961. The molecule has 3 aromatic rings. The molecule has 0 bridgehead atoms. The van der Waals surface area contributed by atoms with Crippen LogP contribution in [0.4, 0.5) is 15.2 Å². The van der Waals surface area contributed by atoms with Crippen LogP contribution in [0.3, 0.4) is 0 Å². The maximum Gasteiger partial charge on any atom is 0.270 e. The van der Waals surface area contributed by atoms with Crippen molar-refractivity contribution in [2.45, 2.75) is 0 Å². The van der Waals surface area contributed by atoms with Crippen LogP contribution < -0.4 is 4.90 Å². The van der Waals surface area contributed by atoms with E-state index >= 15 is 0 Å². The molecule has 1 aliphatic heterocycles.